The summed E-state index contributed by atoms with van der Waals surface area (Å²) in [4.78, 5) is 24.0. The lowest BCUT2D eigenvalue weighted by atomic mass is 9.89. The lowest BCUT2D eigenvalue weighted by molar-refractivity contribution is 0.0695. The molecule has 3 rings (SSSR count). The second-order valence-electron chi connectivity index (χ2n) is 8.79. The molecule has 0 aliphatic carbocycles. The maximum absolute atomic E-state index is 12.4. The Morgan fingerprint density at radius 3 is 1.77 bits per heavy atom. The molecule has 2 N–H and O–H groups in total. The van der Waals surface area contributed by atoms with Crippen molar-refractivity contribution in [1.82, 2.24) is 0 Å². The molecule has 156 valence electrons. The van der Waals surface area contributed by atoms with Crippen molar-refractivity contribution in [1.29, 1.82) is 0 Å². The quantitative estimate of drug-likeness (QED) is 0.584. The molecule has 0 aromatic heterocycles. The molecule has 0 heterocycles. The fraction of sp³-hybridized carbons (Fsp3) is 0.269. The van der Waals surface area contributed by atoms with Gasteiger partial charge in [-0.3, -0.25) is 0 Å². The summed E-state index contributed by atoms with van der Waals surface area (Å²) in [7, 11) is -3.12. The lowest BCUT2D eigenvalue weighted by Crippen LogP contribution is -2.65. The van der Waals surface area contributed by atoms with Gasteiger partial charge in [0.15, 0.2) is 0 Å². The molecule has 0 aliphatic heterocycles. The Morgan fingerprint density at radius 2 is 1.33 bits per heavy atom. The van der Waals surface area contributed by atoms with Gasteiger partial charge in [-0.25, -0.2) is 4.79 Å². The first-order valence-corrected chi connectivity index (χ1v) is 12.2. The van der Waals surface area contributed by atoms with Crippen molar-refractivity contribution in [2.45, 2.75) is 46.1 Å². The zero-order valence-corrected chi connectivity index (χ0v) is 19.4. The molecule has 0 bridgehead atoms. The smallest absolute Gasteiger partial charge is 0.336 e. The van der Waals surface area contributed by atoms with Gasteiger partial charge >= 0.3 is 5.97 Å². The summed E-state index contributed by atoms with van der Waals surface area (Å²) in [6, 6.07) is 21.9. The highest BCUT2D eigenvalue weighted by molar-refractivity contribution is 6.98. The number of aromatic carboxylic acids is 1. The molecule has 0 saturated heterocycles. The first-order valence-electron chi connectivity index (χ1n) is 10.3. The van der Waals surface area contributed by atoms with E-state index < -0.39 is 19.3 Å². The predicted octanol–water partition coefficient (Wildman–Crippen LogP) is 4.38. The molecule has 3 nitrogen and oxygen atoms in total. The summed E-state index contributed by atoms with van der Waals surface area (Å²) in [6.07, 6.45) is 0.660. The van der Waals surface area contributed by atoms with Crippen molar-refractivity contribution >= 4 is 24.7 Å². The molecule has 3 aromatic carbocycles. The van der Waals surface area contributed by atoms with Crippen LogP contribution in [-0.4, -0.2) is 24.2 Å². The molecule has 0 spiro atoms. The topological polar surface area (TPSA) is 57.5 Å². The minimum atomic E-state index is -3.12. The van der Waals surface area contributed by atoms with Gasteiger partial charge in [-0.15, -0.1) is 0 Å². The Labute approximate surface area is 180 Å². The molecule has 0 aliphatic rings. The van der Waals surface area contributed by atoms with Gasteiger partial charge in [-0.05, 0) is 64.9 Å². The van der Waals surface area contributed by atoms with Crippen LogP contribution in [0.25, 0.3) is 0 Å². The SMILES string of the molecule is Cc1cc(CC(C)(C)[Si](O)(c2ccccc2)c2ccccc2)c(C)c(C)c1C(=O)O. The third-order valence-corrected chi connectivity index (χ3v) is 10.9. The van der Waals surface area contributed by atoms with Gasteiger partial charge < -0.3 is 9.90 Å². The van der Waals surface area contributed by atoms with E-state index in [-0.39, 0.29) is 0 Å². The van der Waals surface area contributed by atoms with Crippen molar-refractivity contribution < 1.29 is 14.7 Å². The molecule has 3 aromatic rings. The number of hydrogen-bond donors (Lipinski definition) is 2. The number of carboxylic acids is 1. The van der Waals surface area contributed by atoms with E-state index in [1.54, 1.807) is 0 Å². The van der Waals surface area contributed by atoms with E-state index in [0.717, 1.165) is 32.6 Å². The molecule has 4 heteroatoms. The summed E-state index contributed by atoms with van der Waals surface area (Å²) in [5.41, 5.74) is 4.04. The van der Waals surface area contributed by atoms with Gasteiger partial charge in [0.25, 0.3) is 8.32 Å². The van der Waals surface area contributed by atoms with Gasteiger partial charge in [0.05, 0.1) is 5.56 Å². The van der Waals surface area contributed by atoms with Crippen molar-refractivity contribution in [3.8, 4) is 0 Å². The van der Waals surface area contributed by atoms with E-state index in [1.807, 2.05) is 87.5 Å². The van der Waals surface area contributed by atoms with E-state index in [1.165, 1.54) is 0 Å². The first-order chi connectivity index (χ1) is 14.1. The summed E-state index contributed by atoms with van der Waals surface area (Å²) in [5.74, 6) is -0.890. The van der Waals surface area contributed by atoms with Crippen LogP contribution in [0.1, 0.15) is 46.5 Å². The summed E-state index contributed by atoms with van der Waals surface area (Å²) < 4.78 is 0. The van der Waals surface area contributed by atoms with Crippen LogP contribution in [0.5, 0.6) is 0 Å². The standard InChI is InChI=1S/C26H30O3Si/c1-18-16-21(19(2)20(3)24(18)25(27)28)17-26(4,5)30(29,22-12-8-6-9-13-22)23-14-10-7-11-15-23/h6-16,29H,17H2,1-5H3,(H,27,28). The highest BCUT2D eigenvalue weighted by Crippen LogP contribution is 2.40. The second kappa shape index (κ2) is 8.21. The fourth-order valence-electron chi connectivity index (χ4n) is 4.59. The van der Waals surface area contributed by atoms with Crippen LogP contribution in [0.15, 0.2) is 66.7 Å². The van der Waals surface area contributed by atoms with E-state index >= 15 is 0 Å². The van der Waals surface area contributed by atoms with Crippen LogP contribution in [0.4, 0.5) is 0 Å². The minimum absolute atomic E-state index is 0.382. The Hall–Kier alpha value is -2.69. The summed E-state index contributed by atoms with van der Waals surface area (Å²) in [5, 5.41) is 11.1. The van der Waals surface area contributed by atoms with Crippen molar-refractivity contribution in [2.75, 3.05) is 0 Å². The average molecular weight is 419 g/mol. The van der Waals surface area contributed by atoms with Crippen molar-refractivity contribution in [2.24, 2.45) is 0 Å². The minimum Gasteiger partial charge on any atom is -0.478 e. The average Bonchev–Trinajstić information content (AvgIpc) is 2.72. The largest absolute Gasteiger partial charge is 0.478 e. The zero-order valence-electron chi connectivity index (χ0n) is 18.4. The molecule has 0 atom stereocenters. The lowest BCUT2D eigenvalue weighted by Gasteiger charge is -2.42. The fourth-order valence-corrected chi connectivity index (χ4v) is 8.28. The molecule has 0 amide bonds. The Bertz CT molecular complexity index is 1020. The number of aryl methyl sites for hydroxylation is 1. The van der Waals surface area contributed by atoms with Crippen LogP contribution >= 0.6 is 0 Å². The predicted molar refractivity (Wildman–Crippen MR) is 125 cm³/mol. The van der Waals surface area contributed by atoms with E-state index in [4.69, 9.17) is 0 Å². The maximum atomic E-state index is 12.4. The van der Waals surface area contributed by atoms with Crippen LogP contribution in [0.2, 0.25) is 5.04 Å². The molecule has 30 heavy (non-hydrogen) atoms. The normalized spacial score (nSPS) is 12.1. The first kappa shape index (κ1) is 22.0. The molecule has 0 saturated carbocycles. The van der Waals surface area contributed by atoms with Gasteiger partial charge in [-0.1, -0.05) is 80.6 Å². The van der Waals surface area contributed by atoms with E-state index in [9.17, 15) is 14.7 Å². The Kier molecular flexibility index (Phi) is 6.02. The van der Waals surface area contributed by atoms with E-state index in [2.05, 4.69) is 13.8 Å². The van der Waals surface area contributed by atoms with Crippen LogP contribution in [0.3, 0.4) is 0 Å². The molecule has 0 unspecified atom stereocenters. The van der Waals surface area contributed by atoms with Gasteiger partial charge in [-0.2, -0.15) is 0 Å². The number of rotatable bonds is 6. The van der Waals surface area contributed by atoms with Crippen molar-refractivity contribution in [3.63, 3.8) is 0 Å². The van der Waals surface area contributed by atoms with Gasteiger partial charge in [0, 0.05) is 0 Å². The molecule has 0 fully saturated rings. The number of hydrogen-bond acceptors (Lipinski definition) is 2. The maximum Gasteiger partial charge on any atom is 0.336 e. The number of carbonyl (C=O) groups is 1. The summed E-state index contributed by atoms with van der Waals surface area (Å²) in [6.45, 7) is 9.98. The zero-order chi connectivity index (χ0) is 22.1. The monoisotopic (exact) mass is 418 g/mol. The van der Waals surface area contributed by atoms with Crippen LogP contribution in [0, 0.1) is 20.8 Å². The highest BCUT2D eigenvalue weighted by atomic mass is 28.4. The van der Waals surface area contributed by atoms with Crippen molar-refractivity contribution in [3.05, 3.63) is 94.5 Å². The highest BCUT2D eigenvalue weighted by Gasteiger charge is 2.50. The molecular formula is C26H30O3Si. The number of carboxylic acid groups (broad SMARTS) is 1. The van der Waals surface area contributed by atoms with Gasteiger partial charge in [0.2, 0.25) is 0 Å². The molecule has 0 radical (unpaired) electrons. The van der Waals surface area contributed by atoms with Gasteiger partial charge in [0.1, 0.15) is 0 Å². The second-order valence-corrected chi connectivity index (χ2v) is 12.7. The molecular weight excluding hydrogens is 388 g/mol. The van der Waals surface area contributed by atoms with Crippen LogP contribution < -0.4 is 10.4 Å². The third-order valence-electron chi connectivity index (χ3n) is 6.41. The third kappa shape index (κ3) is 3.73. The van der Waals surface area contributed by atoms with Crippen LogP contribution in [-0.2, 0) is 6.42 Å². The Morgan fingerprint density at radius 1 is 0.867 bits per heavy atom. The summed E-state index contributed by atoms with van der Waals surface area (Å²) >= 11 is 0. The number of benzene rings is 3. The Balaban J connectivity index is 2.16. The van der Waals surface area contributed by atoms with E-state index in [0.29, 0.717) is 12.0 Å².